The molecule has 2 heterocycles. The van der Waals surface area contributed by atoms with E-state index in [1.807, 2.05) is 74.5 Å². The normalized spacial score (nSPS) is 26.9. The van der Waals surface area contributed by atoms with Gasteiger partial charge in [0.2, 0.25) is 23.6 Å². The van der Waals surface area contributed by atoms with Crippen LogP contribution >= 0.6 is 11.6 Å². The smallest absolute Gasteiger partial charge is 0.246 e. The molecule has 0 bridgehead atoms. The number of halogens is 1. The van der Waals surface area contributed by atoms with Crippen LogP contribution in [-0.4, -0.2) is 35.3 Å². The SMILES string of the molecule is CCOc1cccc(C2C3=CCC4C(=O)N(c5ccc(CC)cc5)C(=O)C4C3CC3C(=O)N(c4cccc(Cl)c4)C(=O)C32c2ccccc2)c1O. The summed E-state index contributed by atoms with van der Waals surface area (Å²) in [5.74, 6) is -5.05. The molecule has 8 nitrogen and oxygen atoms in total. The van der Waals surface area contributed by atoms with Gasteiger partial charge in [0.25, 0.3) is 0 Å². The Bertz CT molecular complexity index is 2110. The number of hydrogen-bond acceptors (Lipinski definition) is 6. The number of hydrogen-bond donors (Lipinski definition) is 1. The predicted molar refractivity (Wildman–Crippen MR) is 194 cm³/mol. The van der Waals surface area contributed by atoms with Crippen LogP contribution in [0.15, 0.2) is 109 Å². The molecule has 8 rings (SSSR count). The second-order valence-corrected chi connectivity index (χ2v) is 14.2. The van der Waals surface area contributed by atoms with E-state index in [1.54, 1.807) is 42.5 Å². The van der Waals surface area contributed by atoms with Crippen molar-refractivity contribution in [2.75, 3.05) is 16.4 Å². The Morgan fingerprint density at radius 1 is 0.804 bits per heavy atom. The van der Waals surface area contributed by atoms with Crippen molar-refractivity contribution in [2.45, 2.75) is 44.4 Å². The summed E-state index contributed by atoms with van der Waals surface area (Å²) in [7, 11) is 0. The number of rotatable bonds is 7. The van der Waals surface area contributed by atoms with Gasteiger partial charge in [0.05, 0.1) is 41.2 Å². The summed E-state index contributed by atoms with van der Waals surface area (Å²) in [6.07, 6.45) is 3.25. The number of para-hydroxylation sites is 1. The standard InChI is InChI=1S/C42H37ClN2O6/c1-3-24-16-18-27(19-17-24)44-38(47)30-21-20-29-32(35(30)40(44)49)23-33-39(48)45(28-13-8-12-26(43)22-28)41(50)42(33,25-10-6-5-7-11-25)36(29)31-14-9-15-34(37(31)46)51-4-2/h5-20,22,30,32-33,35-36,46H,3-4,21,23H2,1-2H3. The highest BCUT2D eigenvalue weighted by molar-refractivity contribution is 6.32. The number of imide groups is 2. The van der Waals surface area contributed by atoms with Gasteiger partial charge in [-0.25, -0.2) is 4.90 Å². The van der Waals surface area contributed by atoms with Gasteiger partial charge in [0, 0.05) is 16.5 Å². The molecule has 0 aromatic heterocycles. The minimum atomic E-state index is -1.50. The highest BCUT2D eigenvalue weighted by Crippen LogP contribution is 2.65. The number of carbonyl (C=O) groups excluding carboxylic acids is 4. The molecule has 2 aliphatic heterocycles. The molecule has 1 saturated carbocycles. The van der Waals surface area contributed by atoms with Gasteiger partial charge in [0.15, 0.2) is 11.5 Å². The molecule has 9 heteroatoms. The highest BCUT2D eigenvalue weighted by Gasteiger charge is 2.70. The number of nitrogens with zero attached hydrogens (tertiary/aromatic N) is 2. The van der Waals surface area contributed by atoms with Crippen LogP contribution in [0.4, 0.5) is 11.4 Å². The van der Waals surface area contributed by atoms with Crippen LogP contribution in [0.2, 0.25) is 5.02 Å². The Balaban J connectivity index is 1.35. The molecule has 4 aromatic rings. The number of ether oxygens (including phenoxy) is 1. The summed E-state index contributed by atoms with van der Waals surface area (Å²) in [4.78, 5) is 61.5. The molecule has 4 amide bonds. The summed E-state index contributed by atoms with van der Waals surface area (Å²) in [5, 5.41) is 12.3. The highest BCUT2D eigenvalue weighted by atomic mass is 35.5. The van der Waals surface area contributed by atoms with Crippen molar-refractivity contribution in [3.63, 3.8) is 0 Å². The van der Waals surface area contributed by atoms with Crippen molar-refractivity contribution < 1.29 is 29.0 Å². The second kappa shape index (κ2) is 12.5. The third-order valence-electron chi connectivity index (χ3n) is 11.4. The quantitative estimate of drug-likeness (QED) is 0.160. The Hall–Kier alpha value is -5.21. The first-order valence-electron chi connectivity index (χ1n) is 17.5. The van der Waals surface area contributed by atoms with Gasteiger partial charge in [-0.05, 0) is 79.6 Å². The van der Waals surface area contributed by atoms with Crippen LogP contribution in [0.1, 0.15) is 49.3 Å². The topological polar surface area (TPSA) is 104 Å². The van der Waals surface area contributed by atoms with Crippen LogP contribution in [-0.2, 0) is 31.0 Å². The third-order valence-corrected chi connectivity index (χ3v) is 11.6. The van der Waals surface area contributed by atoms with E-state index in [-0.39, 0.29) is 36.2 Å². The first kappa shape index (κ1) is 33.0. The van der Waals surface area contributed by atoms with Crippen molar-refractivity contribution in [3.05, 3.63) is 130 Å². The van der Waals surface area contributed by atoms with Crippen molar-refractivity contribution in [1.29, 1.82) is 0 Å². The maximum Gasteiger partial charge on any atom is 0.246 e. The number of phenols is 1. The lowest BCUT2D eigenvalue weighted by Crippen LogP contribution is -2.53. The number of aromatic hydroxyl groups is 1. The molecule has 2 saturated heterocycles. The Morgan fingerprint density at radius 2 is 1.55 bits per heavy atom. The van der Waals surface area contributed by atoms with Crippen LogP contribution in [0.25, 0.3) is 0 Å². The van der Waals surface area contributed by atoms with Gasteiger partial charge in [0.1, 0.15) is 0 Å². The van der Waals surface area contributed by atoms with E-state index in [0.29, 0.717) is 34.1 Å². The molecule has 6 unspecified atom stereocenters. The molecular formula is C42H37ClN2O6. The maximum atomic E-state index is 15.4. The molecule has 0 spiro atoms. The molecule has 258 valence electrons. The number of phenolic OH excluding ortho intramolecular Hbond substituents is 1. The Labute approximate surface area is 301 Å². The Kier molecular flexibility index (Phi) is 8.10. The molecule has 51 heavy (non-hydrogen) atoms. The fourth-order valence-corrected chi connectivity index (χ4v) is 9.45. The van der Waals surface area contributed by atoms with Gasteiger partial charge >= 0.3 is 0 Å². The van der Waals surface area contributed by atoms with E-state index in [2.05, 4.69) is 0 Å². The monoisotopic (exact) mass is 700 g/mol. The first-order chi connectivity index (χ1) is 24.7. The molecular weight excluding hydrogens is 664 g/mol. The zero-order chi connectivity index (χ0) is 35.6. The average molecular weight is 701 g/mol. The molecule has 6 atom stereocenters. The minimum absolute atomic E-state index is 0.130. The predicted octanol–water partition coefficient (Wildman–Crippen LogP) is 7.37. The van der Waals surface area contributed by atoms with E-state index in [1.165, 1.54) is 9.80 Å². The first-order valence-corrected chi connectivity index (χ1v) is 17.9. The summed E-state index contributed by atoms with van der Waals surface area (Å²) in [5.41, 5.74) is 2.26. The minimum Gasteiger partial charge on any atom is -0.504 e. The zero-order valence-electron chi connectivity index (χ0n) is 28.3. The Morgan fingerprint density at radius 3 is 2.25 bits per heavy atom. The number of carbonyl (C=O) groups is 4. The molecule has 0 radical (unpaired) electrons. The number of benzene rings is 4. The second-order valence-electron chi connectivity index (χ2n) is 13.8. The van der Waals surface area contributed by atoms with Crippen molar-refractivity contribution in [2.24, 2.45) is 23.7 Å². The van der Waals surface area contributed by atoms with Crippen molar-refractivity contribution >= 4 is 46.6 Å². The molecule has 2 aliphatic carbocycles. The molecule has 1 N–H and O–H groups in total. The van der Waals surface area contributed by atoms with Crippen LogP contribution in [0.5, 0.6) is 11.5 Å². The summed E-state index contributed by atoms with van der Waals surface area (Å²) in [6.45, 7) is 4.16. The zero-order valence-corrected chi connectivity index (χ0v) is 29.0. The van der Waals surface area contributed by atoms with E-state index >= 15 is 4.79 Å². The summed E-state index contributed by atoms with van der Waals surface area (Å²) < 4.78 is 5.83. The molecule has 4 aliphatic rings. The summed E-state index contributed by atoms with van der Waals surface area (Å²) >= 11 is 6.41. The van der Waals surface area contributed by atoms with Gasteiger partial charge < -0.3 is 9.84 Å². The van der Waals surface area contributed by atoms with Gasteiger partial charge in [-0.15, -0.1) is 0 Å². The third kappa shape index (κ3) is 4.79. The van der Waals surface area contributed by atoms with Crippen LogP contribution in [0, 0.1) is 23.7 Å². The fourth-order valence-electron chi connectivity index (χ4n) is 9.27. The number of allylic oxidation sites excluding steroid dienone is 2. The van der Waals surface area contributed by atoms with Gasteiger partial charge in [-0.2, -0.15) is 0 Å². The van der Waals surface area contributed by atoms with Crippen molar-refractivity contribution in [3.8, 4) is 11.5 Å². The van der Waals surface area contributed by atoms with Gasteiger partial charge in [-0.3, -0.25) is 24.1 Å². The van der Waals surface area contributed by atoms with E-state index in [4.69, 9.17) is 16.3 Å². The lowest BCUT2D eigenvalue weighted by Gasteiger charge is -2.50. The lowest BCUT2D eigenvalue weighted by atomic mass is 9.49. The maximum absolute atomic E-state index is 15.4. The number of fused-ring (bicyclic) bond motifs is 4. The number of aryl methyl sites for hydroxylation is 1. The van der Waals surface area contributed by atoms with E-state index in [9.17, 15) is 19.5 Å². The molecule has 4 aromatic carbocycles. The number of anilines is 2. The summed E-state index contributed by atoms with van der Waals surface area (Å²) in [6, 6.07) is 28.6. The van der Waals surface area contributed by atoms with Crippen LogP contribution in [0.3, 0.4) is 0 Å². The van der Waals surface area contributed by atoms with E-state index in [0.717, 1.165) is 17.6 Å². The average Bonchev–Trinajstić information content (AvgIpc) is 3.53. The largest absolute Gasteiger partial charge is 0.504 e. The van der Waals surface area contributed by atoms with E-state index < -0.39 is 46.8 Å². The van der Waals surface area contributed by atoms with Crippen LogP contribution < -0.4 is 14.5 Å². The van der Waals surface area contributed by atoms with Gasteiger partial charge in [-0.1, -0.05) is 90.8 Å². The lowest BCUT2D eigenvalue weighted by molar-refractivity contribution is -0.127. The number of amides is 4. The van der Waals surface area contributed by atoms with Crippen molar-refractivity contribution in [1.82, 2.24) is 0 Å². The molecule has 3 fully saturated rings. The fraction of sp³-hybridized carbons (Fsp3) is 0.286.